The van der Waals surface area contributed by atoms with Gasteiger partial charge in [0.25, 0.3) is 5.91 Å². The SMILES string of the molecule is CCc1cc(=O)oc2cc(OC(C)C(=O)N3CCC(N4CC(O)C4)CC3)ccc12. The number of ether oxygens (including phenoxy) is 1. The van der Waals surface area contributed by atoms with Crippen LogP contribution in [0.15, 0.2) is 33.5 Å². The molecule has 3 heterocycles. The number of aliphatic hydroxyl groups excluding tert-OH is 1. The molecule has 0 spiro atoms. The Labute approximate surface area is 169 Å². The van der Waals surface area contributed by atoms with Crippen LogP contribution < -0.4 is 10.4 Å². The number of carbonyl (C=O) groups excluding carboxylic acids is 1. The summed E-state index contributed by atoms with van der Waals surface area (Å²) in [6, 6.07) is 7.33. The minimum absolute atomic E-state index is 0.0315. The molecule has 1 aromatic heterocycles. The van der Waals surface area contributed by atoms with E-state index in [9.17, 15) is 14.7 Å². The van der Waals surface area contributed by atoms with E-state index in [1.165, 1.54) is 6.07 Å². The molecule has 1 N–H and O–H groups in total. The van der Waals surface area contributed by atoms with E-state index < -0.39 is 6.10 Å². The second kappa shape index (κ2) is 8.16. The van der Waals surface area contributed by atoms with Crippen LogP contribution in [-0.2, 0) is 11.2 Å². The van der Waals surface area contributed by atoms with Crippen molar-refractivity contribution < 1.29 is 19.1 Å². The van der Waals surface area contributed by atoms with Crippen molar-refractivity contribution in [3.05, 3.63) is 40.2 Å². The maximum absolute atomic E-state index is 12.8. The van der Waals surface area contributed by atoms with E-state index >= 15 is 0 Å². The molecule has 1 atom stereocenters. The van der Waals surface area contributed by atoms with Crippen LogP contribution in [0.1, 0.15) is 32.3 Å². The predicted octanol–water partition coefficient (Wildman–Crippen LogP) is 1.79. The highest BCUT2D eigenvalue weighted by Crippen LogP contribution is 2.25. The van der Waals surface area contributed by atoms with Gasteiger partial charge in [0.05, 0.1) is 6.10 Å². The molecule has 7 nitrogen and oxygen atoms in total. The van der Waals surface area contributed by atoms with Crippen molar-refractivity contribution in [1.29, 1.82) is 0 Å². The molecule has 2 aromatic rings. The quantitative estimate of drug-likeness (QED) is 0.771. The number of carbonyl (C=O) groups is 1. The number of hydrogen-bond donors (Lipinski definition) is 1. The fourth-order valence-electron chi connectivity index (χ4n) is 4.33. The van der Waals surface area contributed by atoms with Gasteiger partial charge in [0.2, 0.25) is 0 Å². The Morgan fingerprint density at radius 1 is 1.28 bits per heavy atom. The van der Waals surface area contributed by atoms with Gasteiger partial charge in [-0.2, -0.15) is 0 Å². The predicted molar refractivity (Wildman–Crippen MR) is 109 cm³/mol. The molecule has 1 unspecified atom stereocenters. The number of aliphatic hydroxyl groups is 1. The fraction of sp³-hybridized carbons (Fsp3) is 0.545. The maximum atomic E-state index is 12.8. The van der Waals surface area contributed by atoms with Crippen molar-refractivity contribution in [3.8, 4) is 5.75 Å². The lowest BCUT2D eigenvalue weighted by Crippen LogP contribution is -2.58. The molecule has 1 aromatic carbocycles. The molecule has 2 aliphatic heterocycles. The van der Waals surface area contributed by atoms with Crippen molar-refractivity contribution in [2.45, 2.75) is 51.4 Å². The maximum Gasteiger partial charge on any atom is 0.336 e. The van der Waals surface area contributed by atoms with Crippen LogP contribution in [0.4, 0.5) is 0 Å². The van der Waals surface area contributed by atoms with Gasteiger partial charge in [-0.05, 0) is 43.9 Å². The summed E-state index contributed by atoms with van der Waals surface area (Å²) in [5.74, 6) is 0.482. The molecule has 7 heteroatoms. The molecule has 29 heavy (non-hydrogen) atoms. The van der Waals surface area contributed by atoms with E-state index in [0.29, 0.717) is 30.5 Å². The van der Waals surface area contributed by atoms with Crippen molar-refractivity contribution in [2.24, 2.45) is 0 Å². The number of rotatable bonds is 5. The molecule has 0 radical (unpaired) electrons. The van der Waals surface area contributed by atoms with E-state index in [4.69, 9.17) is 9.15 Å². The monoisotopic (exact) mass is 400 g/mol. The molecule has 0 saturated carbocycles. The minimum Gasteiger partial charge on any atom is -0.481 e. The average Bonchev–Trinajstić information content (AvgIpc) is 2.70. The smallest absolute Gasteiger partial charge is 0.336 e. The number of fused-ring (bicyclic) bond motifs is 1. The zero-order valence-corrected chi connectivity index (χ0v) is 17.0. The van der Waals surface area contributed by atoms with E-state index in [-0.39, 0.29) is 17.6 Å². The Balaban J connectivity index is 1.38. The molecule has 156 valence electrons. The summed E-state index contributed by atoms with van der Waals surface area (Å²) in [5.41, 5.74) is 1.03. The van der Waals surface area contributed by atoms with Crippen molar-refractivity contribution in [3.63, 3.8) is 0 Å². The third-order valence-electron chi connectivity index (χ3n) is 6.03. The van der Waals surface area contributed by atoms with Gasteiger partial charge in [-0.25, -0.2) is 4.79 Å². The van der Waals surface area contributed by atoms with Gasteiger partial charge in [0.15, 0.2) is 6.10 Å². The minimum atomic E-state index is -0.615. The first-order chi connectivity index (χ1) is 13.9. The third kappa shape index (κ3) is 4.16. The lowest BCUT2D eigenvalue weighted by Gasteiger charge is -2.45. The van der Waals surface area contributed by atoms with Crippen LogP contribution in [0, 0.1) is 0 Å². The Morgan fingerprint density at radius 2 is 2.00 bits per heavy atom. The number of benzene rings is 1. The fourth-order valence-corrected chi connectivity index (χ4v) is 4.33. The van der Waals surface area contributed by atoms with E-state index in [0.717, 1.165) is 43.3 Å². The number of aryl methyl sites for hydroxylation is 1. The highest BCUT2D eigenvalue weighted by molar-refractivity contribution is 5.83. The summed E-state index contributed by atoms with van der Waals surface area (Å²) in [7, 11) is 0. The van der Waals surface area contributed by atoms with Gasteiger partial charge in [0.1, 0.15) is 11.3 Å². The lowest BCUT2D eigenvalue weighted by molar-refractivity contribution is -0.140. The Morgan fingerprint density at radius 3 is 2.66 bits per heavy atom. The summed E-state index contributed by atoms with van der Waals surface area (Å²) in [5, 5.41) is 10.4. The molecule has 2 aliphatic rings. The lowest BCUT2D eigenvalue weighted by atomic mass is 9.98. The van der Waals surface area contributed by atoms with Crippen molar-refractivity contribution >= 4 is 16.9 Å². The van der Waals surface area contributed by atoms with Crippen LogP contribution in [0.3, 0.4) is 0 Å². The molecule has 0 aliphatic carbocycles. The van der Waals surface area contributed by atoms with E-state index in [1.807, 2.05) is 24.0 Å². The standard InChI is InChI=1S/C22H28N2O5/c1-3-15-10-21(26)29-20-11-18(4-5-19(15)20)28-14(2)22(27)23-8-6-16(7-9-23)24-12-17(25)13-24/h4-5,10-11,14,16-17,25H,3,6-9,12-13H2,1-2H3. The van der Waals surface area contributed by atoms with Crippen molar-refractivity contribution in [2.75, 3.05) is 26.2 Å². The van der Waals surface area contributed by atoms with E-state index in [1.54, 1.807) is 13.0 Å². The number of likely N-dealkylation sites (tertiary alicyclic amines) is 2. The van der Waals surface area contributed by atoms with Crippen LogP contribution >= 0.6 is 0 Å². The summed E-state index contributed by atoms with van der Waals surface area (Å²) in [6.45, 7) is 6.65. The molecular weight excluding hydrogens is 372 g/mol. The highest BCUT2D eigenvalue weighted by Gasteiger charge is 2.34. The number of piperidine rings is 1. The first kappa shape index (κ1) is 19.9. The molecule has 0 bridgehead atoms. The zero-order chi connectivity index (χ0) is 20.5. The first-order valence-corrected chi connectivity index (χ1v) is 10.4. The van der Waals surface area contributed by atoms with Gasteiger partial charge >= 0.3 is 5.63 Å². The number of β-amino-alcohol motifs (C(OH)–C–C–N with tert-alkyl or cyclic N) is 1. The zero-order valence-electron chi connectivity index (χ0n) is 17.0. The Bertz CT molecular complexity index is 942. The first-order valence-electron chi connectivity index (χ1n) is 10.4. The molecule has 2 fully saturated rings. The number of nitrogens with zero attached hydrogens (tertiary/aromatic N) is 2. The number of amides is 1. The van der Waals surface area contributed by atoms with Crippen LogP contribution in [0.5, 0.6) is 5.75 Å². The summed E-state index contributed by atoms with van der Waals surface area (Å²) < 4.78 is 11.2. The van der Waals surface area contributed by atoms with Crippen LogP contribution in [-0.4, -0.2) is 65.2 Å². The highest BCUT2D eigenvalue weighted by atomic mass is 16.5. The normalized spacial score (nSPS) is 19.9. The molecular formula is C22H28N2O5. The van der Waals surface area contributed by atoms with Gasteiger partial charge in [-0.1, -0.05) is 6.92 Å². The van der Waals surface area contributed by atoms with Crippen LogP contribution in [0.25, 0.3) is 11.0 Å². The van der Waals surface area contributed by atoms with Gasteiger partial charge in [0, 0.05) is 49.7 Å². The summed E-state index contributed by atoms with van der Waals surface area (Å²) in [4.78, 5) is 28.7. The second-order valence-electron chi connectivity index (χ2n) is 8.03. The second-order valence-corrected chi connectivity index (χ2v) is 8.03. The van der Waals surface area contributed by atoms with Crippen LogP contribution in [0.2, 0.25) is 0 Å². The number of hydrogen-bond acceptors (Lipinski definition) is 6. The van der Waals surface area contributed by atoms with Gasteiger partial charge < -0.3 is 19.2 Å². The van der Waals surface area contributed by atoms with Gasteiger partial charge in [-0.3, -0.25) is 9.69 Å². The molecule has 1 amide bonds. The topological polar surface area (TPSA) is 83.2 Å². The Hall–Kier alpha value is -2.38. The average molecular weight is 400 g/mol. The molecule has 4 rings (SSSR count). The largest absolute Gasteiger partial charge is 0.481 e. The van der Waals surface area contributed by atoms with Gasteiger partial charge in [-0.15, -0.1) is 0 Å². The molecule has 2 saturated heterocycles. The Kier molecular flexibility index (Phi) is 5.61. The third-order valence-corrected chi connectivity index (χ3v) is 6.03. The van der Waals surface area contributed by atoms with Crippen molar-refractivity contribution in [1.82, 2.24) is 9.80 Å². The van der Waals surface area contributed by atoms with E-state index in [2.05, 4.69) is 4.90 Å². The summed E-state index contributed by atoms with van der Waals surface area (Å²) >= 11 is 0. The summed E-state index contributed by atoms with van der Waals surface area (Å²) in [6.07, 6.45) is 1.78.